The van der Waals surface area contributed by atoms with Gasteiger partial charge in [0.25, 0.3) is 0 Å². The smallest absolute Gasteiger partial charge is 0.219 e. The molecule has 1 radical (unpaired) electrons. The van der Waals surface area contributed by atoms with Crippen LogP contribution in [-0.4, -0.2) is 18.6 Å². The fraction of sp³-hybridized carbons (Fsp3) is 0.600. The molecule has 0 atom stereocenters. The quantitative estimate of drug-likeness (QED) is 0.388. The van der Waals surface area contributed by atoms with E-state index in [1.807, 2.05) is 0 Å². The minimum absolute atomic E-state index is 0.133. The Bertz CT molecular complexity index is 243. The van der Waals surface area contributed by atoms with Gasteiger partial charge in [-0.25, -0.2) is 0 Å². The van der Waals surface area contributed by atoms with Crippen molar-refractivity contribution in [3.8, 4) is 11.8 Å². The molecule has 0 aromatic rings. The van der Waals surface area contributed by atoms with Gasteiger partial charge in [-0.1, -0.05) is 19.8 Å². The zero-order valence-corrected chi connectivity index (χ0v) is 8.02. The van der Waals surface area contributed by atoms with Crippen molar-refractivity contribution in [2.45, 2.75) is 26.7 Å². The van der Waals surface area contributed by atoms with Crippen molar-refractivity contribution in [1.82, 2.24) is 0 Å². The van der Waals surface area contributed by atoms with Crippen molar-refractivity contribution in [3.63, 3.8) is 0 Å². The molecule has 0 saturated heterocycles. The molecule has 0 fully saturated rings. The fourth-order valence-corrected chi connectivity index (χ4v) is 1.01. The van der Waals surface area contributed by atoms with Crippen molar-refractivity contribution in [2.75, 3.05) is 6.54 Å². The molecule has 0 unspecified atom stereocenters. The molecule has 2 N–H and O–H groups in total. The molecule has 0 aromatic carbocycles. The van der Waals surface area contributed by atoms with Crippen LogP contribution in [0.15, 0.2) is 0 Å². The van der Waals surface area contributed by atoms with E-state index in [-0.39, 0.29) is 12.3 Å². The van der Waals surface area contributed by atoms with Crippen LogP contribution in [0.3, 0.4) is 0 Å². The molecule has 0 aliphatic carbocycles. The Kier molecular flexibility index (Phi) is 5.01. The van der Waals surface area contributed by atoms with E-state index in [2.05, 4.69) is 11.8 Å². The third-order valence-corrected chi connectivity index (χ3v) is 2.14. The molecular formula is C10H14NO2. The molecule has 0 heterocycles. The van der Waals surface area contributed by atoms with Crippen molar-refractivity contribution < 1.29 is 9.59 Å². The van der Waals surface area contributed by atoms with E-state index in [0.29, 0.717) is 12.8 Å². The van der Waals surface area contributed by atoms with Crippen LogP contribution < -0.4 is 5.73 Å². The van der Waals surface area contributed by atoms with Crippen LogP contribution in [0.5, 0.6) is 0 Å². The number of ketones is 1. The Morgan fingerprint density at radius 3 is 2.23 bits per heavy atom. The minimum Gasteiger partial charge on any atom is -0.320 e. The first kappa shape index (κ1) is 11.9. The highest BCUT2D eigenvalue weighted by Crippen LogP contribution is 2.24. The molecule has 3 nitrogen and oxygen atoms in total. The summed E-state index contributed by atoms with van der Waals surface area (Å²) in [5.41, 5.74) is 4.08. The highest BCUT2D eigenvalue weighted by atomic mass is 16.1. The number of carbonyl (C=O) groups excluding carboxylic acids is 2. The van der Waals surface area contributed by atoms with E-state index in [9.17, 15) is 9.59 Å². The predicted octanol–water partition coefficient (Wildman–Crippen LogP) is 0.434. The first-order chi connectivity index (χ1) is 6.16. The summed E-state index contributed by atoms with van der Waals surface area (Å²) in [5.74, 6) is 4.43. The monoisotopic (exact) mass is 180 g/mol. The maximum absolute atomic E-state index is 11.4. The van der Waals surface area contributed by atoms with Gasteiger partial charge >= 0.3 is 0 Å². The molecular weight excluding hydrogens is 166 g/mol. The second kappa shape index (κ2) is 5.50. The van der Waals surface area contributed by atoms with Gasteiger partial charge < -0.3 is 5.73 Å². The van der Waals surface area contributed by atoms with Crippen LogP contribution in [0.25, 0.3) is 0 Å². The van der Waals surface area contributed by atoms with E-state index in [1.165, 1.54) is 0 Å². The topological polar surface area (TPSA) is 60.2 Å². The maximum Gasteiger partial charge on any atom is 0.219 e. The summed E-state index contributed by atoms with van der Waals surface area (Å²) in [6, 6.07) is 0. The Balaban J connectivity index is 4.74. The van der Waals surface area contributed by atoms with E-state index in [4.69, 9.17) is 5.73 Å². The third-order valence-electron chi connectivity index (χ3n) is 2.14. The van der Waals surface area contributed by atoms with Crippen LogP contribution >= 0.6 is 0 Å². The van der Waals surface area contributed by atoms with E-state index in [1.54, 1.807) is 20.1 Å². The van der Waals surface area contributed by atoms with Crippen LogP contribution in [-0.2, 0) is 9.59 Å². The molecule has 0 bridgehead atoms. The largest absolute Gasteiger partial charge is 0.320 e. The molecule has 0 rings (SSSR count). The van der Waals surface area contributed by atoms with Crippen molar-refractivity contribution >= 4 is 12.1 Å². The first-order valence-electron chi connectivity index (χ1n) is 4.29. The summed E-state index contributed by atoms with van der Waals surface area (Å²) in [7, 11) is 0. The normalized spacial score (nSPS) is 10.1. The van der Waals surface area contributed by atoms with Gasteiger partial charge in [-0.15, -0.1) is 0 Å². The Morgan fingerprint density at radius 1 is 1.38 bits per heavy atom. The van der Waals surface area contributed by atoms with Gasteiger partial charge in [0.1, 0.15) is 5.41 Å². The lowest BCUT2D eigenvalue weighted by atomic mass is 9.80. The summed E-state index contributed by atoms with van der Waals surface area (Å²) >= 11 is 0. The second-order valence-electron chi connectivity index (χ2n) is 2.73. The predicted molar refractivity (Wildman–Crippen MR) is 50.5 cm³/mol. The first-order valence-corrected chi connectivity index (χ1v) is 4.29. The standard InChI is InChI=1S/C10H14NO2/c1-3-10(4-2,8-12)9(13)6-5-7-11/h3-4,7,11H2,1-2H3. The Hall–Kier alpha value is -1.14. The van der Waals surface area contributed by atoms with Crippen LogP contribution in [0.1, 0.15) is 26.7 Å². The van der Waals surface area contributed by atoms with Gasteiger partial charge in [-0.2, -0.15) is 0 Å². The summed E-state index contributed by atoms with van der Waals surface area (Å²) in [6.07, 6.45) is 2.65. The highest BCUT2D eigenvalue weighted by Gasteiger charge is 2.34. The molecule has 3 heteroatoms. The third kappa shape index (κ3) is 2.67. The maximum atomic E-state index is 11.4. The zero-order valence-electron chi connectivity index (χ0n) is 8.02. The summed E-state index contributed by atoms with van der Waals surface area (Å²) in [4.78, 5) is 22.1. The van der Waals surface area contributed by atoms with Gasteiger partial charge in [0.15, 0.2) is 0 Å². The number of hydrogen-bond donors (Lipinski definition) is 1. The average Bonchev–Trinajstić information content (AvgIpc) is 2.18. The molecule has 0 spiro atoms. The lowest BCUT2D eigenvalue weighted by Gasteiger charge is -2.18. The van der Waals surface area contributed by atoms with Crippen LogP contribution in [0.2, 0.25) is 0 Å². The number of carbonyl (C=O) groups is 1. The second-order valence-corrected chi connectivity index (χ2v) is 2.73. The lowest BCUT2D eigenvalue weighted by Crippen LogP contribution is -2.30. The Morgan fingerprint density at radius 2 is 1.92 bits per heavy atom. The molecule has 0 aromatic heterocycles. The van der Waals surface area contributed by atoms with Crippen LogP contribution in [0, 0.1) is 17.3 Å². The number of hydrogen-bond acceptors (Lipinski definition) is 3. The number of rotatable bonds is 4. The van der Waals surface area contributed by atoms with Gasteiger partial charge in [0.05, 0.1) is 6.54 Å². The van der Waals surface area contributed by atoms with E-state index >= 15 is 0 Å². The summed E-state index contributed by atoms with van der Waals surface area (Å²) < 4.78 is 0. The lowest BCUT2D eigenvalue weighted by molar-refractivity contribution is -0.120. The van der Waals surface area contributed by atoms with Crippen molar-refractivity contribution in [1.29, 1.82) is 0 Å². The molecule has 0 saturated carbocycles. The number of Topliss-reactive ketones (excluding diaryl/α,β-unsaturated/α-hetero) is 1. The summed E-state index contributed by atoms with van der Waals surface area (Å²) in [5, 5.41) is 0. The molecule has 0 amide bonds. The van der Waals surface area contributed by atoms with Crippen molar-refractivity contribution in [3.05, 3.63) is 0 Å². The van der Waals surface area contributed by atoms with Gasteiger partial charge in [0.2, 0.25) is 12.1 Å². The fourth-order valence-electron chi connectivity index (χ4n) is 1.01. The Labute approximate surface area is 78.7 Å². The van der Waals surface area contributed by atoms with E-state index in [0.717, 1.165) is 0 Å². The average molecular weight is 180 g/mol. The molecule has 0 aliphatic heterocycles. The van der Waals surface area contributed by atoms with Gasteiger partial charge in [0, 0.05) is 0 Å². The zero-order chi connectivity index (χ0) is 10.3. The van der Waals surface area contributed by atoms with Crippen molar-refractivity contribution in [2.24, 2.45) is 11.1 Å². The minimum atomic E-state index is -1.04. The molecule has 13 heavy (non-hydrogen) atoms. The van der Waals surface area contributed by atoms with Gasteiger partial charge in [-0.3, -0.25) is 9.59 Å². The molecule has 71 valence electrons. The number of nitrogens with two attached hydrogens (primary N) is 1. The van der Waals surface area contributed by atoms with E-state index < -0.39 is 5.41 Å². The van der Waals surface area contributed by atoms with Gasteiger partial charge in [-0.05, 0) is 18.8 Å². The van der Waals surface area contributed by atoms with Crippen LogP contribution in [0.4, 0.5) is 0 Å². The highest BCUT2D eigenvalue weighted by molar-refractivity contribution is 6.08. The summed E-state index contributed by atoms with van der Waals surface area (Å²) in [6.45, 7) is 3.68. The molecule has 0 aliphatic rings. The SMILES string of the molecule is CCC([C]=O)(CC)C(=O)C#CCN.